The molecule has 152 valence electrons. The molecule has 0 radical (unpaired) electrons. The van der Waals surface area contributed by atoms with Crippen LogP contribution in [0.5, 0.6) is 0 Å². The standard InChI is InChI=1S/C25H31N3O/c1-16-10-8-12-24(19(16)4)28-18(3)13-21(20(28)5)14-22(15-26)25(29)27-23-11-7-6-9-17(23)2/h8,10,12-14,17,23H,6-7,9,11H2,1-5H3,(H,27,29)/b22-14+/t17-,23+/m1/s1. The van der Waals surface area contributed by atoms with Crippen molar-refractivity contribution >= 4 is 12.0 Å². The largest absolute Gasteiger partial charge is 0.348 e. The lowest BCUT2D eigenvalue weighted by atomic mass is 9.86. The van der Waals surface area contributed by atoms with Gasteiger partial charge in [0, 0.05) is 23.1 Å². The third-order valence-electron chi connectivity index (χ3n) is 6.38. The molecule has 0 unspecified atom stereocenters. The molecule has 0 aliphatic heterocycles. The molecule has 2 atom stereocenters. The smallest absolute Gasteiger partial charge is 0.262 e. The number of carbonyl (C=O) groups is 1. The lowest BCUT2D eigenvalue weighted by Crippen LogP contribution is -2.41. The van der Waals surface area contributed by atoms with Gasteiger partial charge in [0.05, 0.1) is 0 Å². The van der Waals surface area contributed by atoms with Crippen molar-refractivity contribution in [1.82, 2.24) is 9.88 Å². The summed E-state index contributed by atoms with van der Waals surface area (Å²) in [7, 11) is 0. The number of benzene rings is 1. The van der Waals surface area contributed by atoms with Crippen LogP contribution in [0.2, 0.25) is 0 Å². The number of hydrogen-bond donors (Lipinski definition) is 1. The SMILES string of the molecule is Cc1cccc(-n2c(C)cc(/C=C(\C#N)C(=O)N[C@H]3CCCC[C@H]3C)c2C)c1C. The molecule has 1 fully saturated rings. The number of nitrogens with one attached hydrogen (secondary N) is 1. The van der Waals surface area contributed by atoms with Gasteiger partial charge < -0.3 is 9.88 Å². The first-order valence-electron chi connectivity index (χ1n) is 10.5. The average molecular weight is 390 g/mol. The van der Waals surface area contributed by atoms with Gasteiger partial charge in [-0.05, 0) is 81.4 Å². The molecule has 1 heterocycles. The fourth-order valence-corrected chi connectivity index (χ4v) is 4.36. The van der Waals surface area contributed by atoms with Crippen molar-refractivity contribution in [3.05, 3.63) is 57.9 Å². The quantitative estimate of drug-likeness (QED) is 0.569. The number of aryl methyl sites for hydroxylation is 2. The Morgan fingerprint density at radius 2 is 1.93 bits per heavy atom. The summed E-state index contributed by atoms with van der Waals surface area (Å²) in [5.74, 6) is 0.199. The lowest BCUT2D eigenvalue weighted by Gasteiger charge is -2.29. The van der Waals surface area contributed by atoms with Crippen LogP contribution in [0.25, 0.3) is 11.8 Å². The van der Waals surface area contributed by atoms with Gasteiger partial charge in [-0.25, -0.2) is 0 Å². The summed E-state index contributed by atoms with van der Waals surface area (Å²) in [6.45, 7) is 10.5. The van der Waals surface area contributed by atoms with Gasteiger partial charge in [-0.15, -0.1) is 0 Å². The molecule has 0 bridgehead atoms. The first-order chi connectivity index (χ1) is 13.8. The van der Waals surface area contributed by atoms with Crippen molar-refractivity contribution in [1.29, 1.82) is 5.26 Å². The van der Waals surface area contributed by atoms with Crippen LogP contribution >= 0.6 is 0 Å². The van der Waals surface area contributed by atoms with E-state index < -0.39 is 0 Å². The van der Waals surface area contributed by atoms with Crippen molar-refractivity contribution in [3.63, 3.8) is 0 Å². The highest BCUT2D eigenvalue weighted by Gasteiger charge is 2.24. The van der Waals surface area contributed by atoms with E-state index in [2.05, 4.69) is 61.8 Å². The Balaban J connectivity index is 1.92. The summed E-state index contributed by atoms with van der Waals surface area (Å²) >= 11 is 0. The Hall–Kier alpha value is -2.80. The van der Waals surface area contributed by atoms with E-state index >= 15 is 0 Å². The predicted molar refractivity (Wildman–Crippen MR) is 118 cm³/mol. The van der Waals surface area contributed by atoms with Crippen LogP contribution in [-0.4, -0.2) is 16.5 Å². The molecule has 3 rings (SSSR count). The van der Waals surface area contributed by atoms with Crippen molar-refractivity contribution in [2.75, 3.05) is 0 Å². The Morgan fingerprint density at radius 3 is 2.62 bits per heavy atom. The lowest BCUT2D eigenvalue weighted by molar-refractivity contribution is -0.118. The fraction of sp³-hybridized carbons (Fsp3) is 0.440. The van der Waals surface area contributed by atoms with E-state index in [1.54, 1.807) is 6.08 Å². The number of carbonyl (C=O) groups excluding carboxylic acids is 1. The summed E-state index contributed by atoms with van der Waals surface area (Å²) in [6.07, 6.45) is 6.21. The molecule has 1 amide bonds. The van der Waals surface area contributed by atoms with Crippen molar-refractivity contribution < 1.29 is 4.79 Å². The van der Waals surface area contributed by atoms with Gasteiger partial charge >= 0.3 is 0 Å². The summed E-state index contributed by atoms with van der Waals surface area (Å²) in [4.78, 5) is 12.8. The first-order valence-corrected chi connectivity index (χ1v) is 10.5. The van der Waals surface area contributed by atoms with Crippen LogP contribution in [-0.2, 0) is 4.79 Å². The number of amides is 1. The average Bonchev–Trinajstić information content (AvgIpc) is 2.97. The van der Waals surface area contributed by atoms with Gasteiger partial charge in [0.2, 0.25) is 0 Å². The Morgan fingerprint density at radius 1 is 1.21 bits per heavy atom. The van der Waals surface area contributed by atoms with E-state index in [0.717, 1.165) is 41.9 Å². The zero-order chi connectivity index (χ0) is 21.1. The van der Waals surface area contributed by atoms with Crippen LogP contribution < -0.4 is 5.32 Å². The summed E-state index contributed by atoms with van der Waals surface area (Å²) in [6, 6.07) is 10.6. The van der Waals surface area contributed by atoms with Gasteiger partial charge in [0.25, 0.3) is 5.91 Å². The molecule has 2 aromatic rings. The minimum absolute atomic E-state index is 0.162. The van der Waals surface area contributed by atoms with Crippen LogP contribution in [0.15, 0.2) is 29.8 Å². The van der Waals surface area contributed by atoms with Crippen LogP contribution in [0.4, 0.5) is 0 Å². The highest BCUT2D eigenvalue weighted by atomic mass is 16.1. The van der Waals surface area contributed by atoms with Crippen molar-refractivity contribution in [2.24, 2.45) is 5.92 Å². The van der Waals surface area contributed by atoms with Gasteiger partial charge in [-0.1, -0.05) is 31.9 Å². The summed E-state index contributed by atoms with van der Waals surface area (Å²) in [5.41, 5.74) is 6.80. The highest BCUT2D eigenvalue weighted by Crippen LogP contribution is 2.27. The molecule has 1 aromatic heterocycles. The van der Waals surface area contributed by atoms with Crippen molar-refractivity contribution in [3.8, 4) is 11.8 Å². The number of hydrogen-bond acceptors (Lipinski definition) is 2. The topological polar surface area (TPSA) is 57.8 Å². The van der Waals surface area contributed by atoms with Crippen LogP contribution in [0.3, 0.4) is 0 Å². The number of nitriles is 1. The van der Waals surface area contributed by atoms with Gasteiger partial charge in [-0.2, -0.15) is 5.26 Å². The zero-order valence-corrected chi connectivity index (χ0v) is 18.2. The maximum atomic E-state index is 12.8. The minimum Gasteiger partial charge on any atom is -0.348 e. The van der Waals surface area contributed by atoms with E-state index in [0.29, 0.717) is 5.92 Å². The number of nitrogens with zero attached hydrogens (tertiary/aromatic N) is 2. The molecule has 1 N–H and O–H groups in total. The molecule has 4 heteroatoms. The Kier molecular flexibility index (Phi) is 6.27. The van der Waals surface area contributed by atoms with E-state index in [1.165, 1.54) is 17.5 Å². The normalized spacial score (nSPS) is 19.7. The molecular weight excluding hydrogens is 358 g/mol. The maximum absolute atomic E-state index is 12.8. The third-order valence-corrected chi connectivity index (χ3v) is 6.38. The van der Waals surface area contributed by atoms with Crippen LogP contribution in [0, 0.1) is 44.9 Å². The monoisotopic (exact) mass is 389 g/mol. The molecule has 29 heavy (non-hydrogen) atoms. The number of aromatic nitrogens is 1. The minimum atomic E-state index is -0.261. The molecule has 1 aliphatic carbocycles. The maximum Gasteiger partial charge on any atom is 0.262 e. The van der Waals surface area contributed by atoms with E-state index in [-0.39, 0.29) is 17.5 Å². The third kappa shape index (κ3) is 4.29. The Labute approximate surface area is 174 Å². The van der Waals surface area contributed by atoms with Gasteiger partial charge in [-0.3, -0.25) is 4.79 Å². The fourth-order valence-electron chi connectivity index (χ4n) is 4.36. The molecule has 1 aromatic carbocycles. The van der Waals surface area contributed by atoms with Crippen molar-refractivity contribution in [2.45, 2.75) is 66.3 Å². The predicted octanol–water partition coefficient (Wildman–Crippen LogP) is 5.31. The number of rotatable bonds is 4. The van der Waals surface area contributed by atoms with Gasteiger partial charge in [0.1, 0.15) is 11.6 Å². The summed E-state index contributed by atoms with van der Waals surface area (Å²) in [5, 5.41) is 12.7. The Bertz CT molecular complexity index is 990. The molecule has 4 nitrogen and oxygen atoms in total. The van der Waals surface area contributed by atoms with E-state index in [1.807, 2.05) is 13.0 Å². The summed E-state index contributed by atoms with van der Waals surface area (Å²) < 4.78 is 2.20. The molecule has 1 saturated carbocycles. The molecule has 1 aliphatic rings. The second-order valence-electron chi connectivity index (χ2n) is 8.39. The van der Waals surface area contributed by atoms with Gasteiger partial charge in [0.15, 0.2) is 0 Å². The van der Waals surface area contributed by atoms with Crippen LogP contribution in [0.1, 0.15) is 60.7 Å². The zero-order valence-electron chi connectivity index (χ0n) is 18.2. The van der Waals surface area contributed by atoms with E-state index in [4.69, 9.17) is 0 Å². The van der Waals surface area contributed by atoms with E-state index in [9.17, 15) is 10.1 Å². The molecule has 0 spiro atoms. The first kappa shape index (κ1) is 20.9. The second-order valence-corrected chi connectivity index (χ2v) is 8.39. The molecule has 0 saturated heterocycles. The highest BCUT2D eigenvalue weighted by molar-refractivity contribution is 6.02. The second kappa shape index (κ2) is 8.69. The molecular formula is C25H31N3O.